The molecule has 10 nitrogen and oxygen atoms in total. The number of H-pyrrole nitrogens is 1. The van der Waals surface area contributed by atoms with Gasteiger partial charge < -0.3 is 14.5 Å². The Balaban J connectivity index is 1.30. The number of nitriles is 2. The van der Waals surface area contributed by atoms with Crippen LogP contribution in [0.3, 0.4) is 0 Å². The lowest BCUT2D eigenvalue weighted by atomic mass is 9.96. The van der Waals surface area contributed by atoms with E-state index in [4.69, 9.17) is 0 Å². The Morgan fingerprint density at radius 2 is 2.11 bits per heavy atom. The summed E-state index contributed by atoms with van der Waals surface area (Å²) in [5, 5.41) is 20.4. The maximum absolute atomic E-state index is 12.6. The van der Waals surface area contributed by atoms with Gasteiger partial charge in [0.25, 0.3) is 0 Å². The predicted octanol–water partition coefficient (Wildman–Crippen LogP) is 3.00. The van der Waals surface area contributed by atoms with E-state index in [1.807, 2.05) is 35.6 Å². The van der Waals surface area contributed by atoms with Crippen LogP contribution in [0.5, 0.6) is 0 Å². The smallest absolute Gasteiger partial charge is 0.180 e. The second-order valence-corrected chi connectivity index (χ2v) is 11.3. The van der Waals surface area contributed by atoms with Crippen LogP contribution in [-0.4, -0.2) is 51.8 Å². The van der Waals surface area contributed by atoms with E-state index in [9.17, 15) is 18.9 Å². The zero-order valence-corrected chi connectivity index (χ0v) is 20.1. The first-order valence-corrected chi connectivity index (χ1v) is 13.4. The molecule has 4 aromatic heterocycles. The van der Waals surface area contributed by atoms with Gasteiger partial charge in [-0.2, -0.15) is 10.5 Å². The van der Waals surface area contributed by atoms with Gasteiger partial charge in [0, 0.05) is 48.8 Å². The van der Waals surface area contributed by atoms with Gasteiger partial charge in [-0.3, -0.25) is 0 Å². The molecule has 0 saturated carbocycles. The number of nitrogens with one attached hydrogen (secondary N) is 1. The SMILES string of the molecule is N#CCC(C1CCN(c2ncc3c(c2C#N)S(=O)(=O)CC3)C1)n1ccc(-c2ncnc3[nH]ccc23)c1. The summed E-state index contributed by atoms with van der Waals surface area (Å²) in [4.78, 5) is 18.5. The van der Waals surface area contributed by atoms with E-state index in [-0.39, 0.29) is 28.2 Å². The fourth-order valence-corrected chi connectivity index (χ4v) is 7.20. The van der Waals surface area contributed by atoms with Crippen LogP contribution in [0.25, 0.3) is 22.3 Å². The molecule has 180 valence electrons. The van der Waals surface area contributed by atoms with Gasteiger partial charge >= 0.3 is 0 Å². The van der Waals surface area contributed by atoms with E-state index in [1.165, 1.54) is 6.33 Å². The summed E-state index contributed by atoms with van der Waals surface area (Å²) in [6.45, 7) is 1.22. The van der Waals surface area contributed by atoms with E-state index < -0.39 is 9.84 Å². The largest absolute Gasteiger partial charge is 0.355 e. The molecule has 2 aliphatic heterocycles. The lowest BCUT2D eigenvalue weighted by Crippen LogP contribution is -2.26. The van der Waals surface area contributed by atoms with Gasteiger partial charge in [-0.1, -0.05) is 0 Å². The van der Waals surface area contributed by atoms with Crippen LogP contribution in [0.4, 0.5) is 5.82 Å². The minimum absolute atomic E-state index is 0.0202. The van der Waals surface area contributed by atoms with Gasteiger partial charge in [-0.25, -0.2) is 23.4 Å². The second kappa shape index (κ2) is 8.47. The monoisotopic (exact) mass is 498 g/mol. The van der Waals surface area contributed by atoms with Crippen LogP contribution < -0.4 is 4.90 Å². The molecule has 36 heavy (non-hydrogen) atoms. The van der Waals surface area contributed by atoms with Crippen molar-refractivity contribution in [1.82, 2.24) is 24.5 Å². The Hall–Kier alpha value is -4.22. The molecule has 0 radical (unpaired) electrons. The van der Waals surface area contributed by atoms with Crippen LogP contribution in [0, 0.1) is 28.6 Å². The van der Waals surface area contributed by atoms with E-state index in [2.05, 4.69) is 36.6 Å². The van der Waals surface area contributed by atoms with Crippen molar-refractivity contribution in [1.29, 1.82) is 10.5 Å². The van der Waals surface area contributed by atoms with Crippen molar-refractivity contribution in [2.75, 3.05) is 23.7 Å². The molecule has 6 heterocycles. The fourth-order valence-electron chi connectivity index (χ4n) is 5.51. The molecule has 0 aromatic carbocycles. The average molecular weight is 499 g/mol. The quantitative estimate of drug-likeness (QED) is 0.442. The third-order valence-corrected chi connectivity index (χ3v) is 9.07. The summed E-state index contributed by atoms with van der Waals surface area (Å²) in [7, 11) is -3.47. The van der Waals surface area contributed by atoms with Crippen molar-refractivity contribution < 1.29 is 8.42 Å². The number of nitrogens with zero attached hydrogens (tertiary/aromatic N) is 7. The van der Waals surface area contributed by atoms with Gasteiger partial charge in [0.15, 0.2) is 9.84 Å². The van der Waals surface area contributed by atoms with Crippen LogP contribution >= 0.6 is 0 Å². The summed E-state index contributed by atoms with van der Waals surface area (Å²) in [6.07, 6.45) is 10.5. The zero-order valence-electron chi connectivity index (χ0n) is 19.3. The first-order chi connectivity index (χ1) is 17.5. The highest BCUT2D eigenvalue weighted by atomic mass is 32.2. The van der Waals surface area contributed by atoms with Gasteiger partial charge in [0.1, 0.15) is 29.4 Å². The number of hydrogen-bond donors (Lipinski definition) is 1. The van der Waals surface area contributed by atoms with Crippen LogP contribution in [0.15, 0.2) is 48.1 Å². The van der Waals surface area contributed by atoms with Crippen molar-refractivity contribution in [3.8, 4) is 23.4 Å². The number of aryl methyl sites for hydroxylation is 1. The summed E-state index contributed by atoms with van der Waals surface area (Å²) < 4.78 is 27.2. The van der Waals surface area contributed by atoms with Crippen molar-refractivity contribution in [2.45, 2.75) is 30.2 Å². The molecule has 0 bridgehead atoms. The molecule has 0 amide bonds. The molecule has 2 unspecified atom stereocenters. The summed E-state index contributed by atoms with van der Waals surface area (Å²) in [6, 6.07) is 8.28. The lowest BCUT2D eigenvalue weighted by Gasteiger charge is -2.24. The summed E-state index contributed by atoms with van der Waals surface area (Å²) >= 11 is 0. The average Bonchev–Trinajstić information content (AvgIpc) is 3.68. The lowest BCUT2D eigenvalue weighted by molar-refractivity contribution is 0.360. The number of aromatic nitrogens is 5. The van der Waals surface area contributed by atoms with Crippen LogP contribution in [0.2, 0.25) is 0 Å². The molecule has 1 fully saturated rings. The molecule has 0 spiro atoms. The number of aromatic amines is 1. The standard InChI is InChI=1S/C25H22N8O2S/c26-6-1-21(32-8-4-18(14-32)22-19-2-7-28-24(19)31-15-30-22)17-3-9-33(13-17)25-20(11-27)23-16(12-29-25)5-10-36(23,34)35/h2,4,7-8,12,14-15,17,21H,1,3,5,9-10,13H2,(H,28,30,31). The Kier molecular flexibility index (Phi) is 5.23. The third-order valence-electron chi connectivity index (χ3n) is 7.24. The van der Waals surface area contributed by atoms with Crippen LogP contribution in [-0.2, 0) is 16.3 Å². The second-order valence-electron chi connectivity index (χ2n) is 9.23. The normalized spacial score (nSPS) is 19.2. The van der Waals surface area contributed by atoms with Gasteiger partial charge in [0.2, 0.25) is 0 Å². The van der Waals surface area contributed by atoms with Gasteiger partial charge in [-0.05, 0) is 36.5 Å². The minimum atomic E-state index is -3.47. The molecule has 2 aliphatic rings. The van der Waals surface area contributed by atoms with Crippen molar-refractivity contribution in [3.63, 3.8) is 0 Å². The Labute approximate surface area is 207 Å². The Morgan fingerprint density at radius 1 is 1.22 bits per heavy atom. The summed E-state index contributed by atoms with van der Waals surface area (Å²) in [5.74, 6) is 0.566. The van der Waals surface area contributed by atoms with E-state index in [0.717, 1.165) is 28.7 Å². The topological polar surface area (TPSA) is 144 Å². The Morgan fingerprint density at radius 3 is 2.94 bits per heavy atom. The van der Waals surface area contributed by atoms with Crippen molar-refractivity contribution in [3.05, 3.63) is 54.4 Å². The molecular weight excluding hydrogens is 476 g/mol. The highest BCUT2D eigenvalue weighted by Gasteiger charge is 2.36. The number of sulfone groups is 1. The molecule has 0 aliphatic carbocycles. The molecule has 11 heteroatoms. The van der Waals surface area contributed by atoms with Gasteiger partial charge in [-0.15, -0.1) is 0 Å². The van der Waals surface area contributed by atoms with Crippen LogP contribution in [0.1, 0.15) is 30.0 Å². The van der Waals surface area contributed by atoms with E-state index in [0.29, 0.717) is 37.3 Å². The first kappa shape index (κ1) is 22.3. The molecule has 1 saturated heterocycles. The van der Waals surface area contributed by atoms with E-state index >= 15 is 0 Å². The highest BCUT2D eigenvalue weighted by Crippen LogP contribution is 2.38. The molecule has 1 N–H and O–H groups in total. The molecule has 4 aromatic rings. The zero-order chi connectivity index (χ0) is 24.9. The summed E-state index contributed by atoms with van der Waals surface area (Å²) in [5.41, 5.74) is 3.30. The van der Waals surface area contributed by atoms with Gasteiger partial charge in [0.05, 0.1) is 34.9 Å². The number of hydrogen-bond acceptors (Lipinski definition) is 8. The fraction of sp³-hybridized carbons (Fsp3) is 0.320. The maximum Gasteiger partial charge on any atom is 0.180 e. The molecule has 2 atom stereocenters. The first-order valence-electron chi connectivity index (χ1n) is 11.7. The number of fused-ring (bicyclic) bond motifs is 2. The number of rotatable bonds is 5. The number of anilines is 1. The maximum atomic E-state index is 12.6. The molecular formula is C25H22N8O2S. The van der Waals surface area contributed by atoms with Crippen molar-refractivity contribution >= 4 is 26.7 Å². The number of pyridine rings is 1. The highest BCUT2D eigenvalue weighted by molar-refractivity contribution is 7.91. The van der Waals surface area contributed by atoms with Crippen molar-refractivity contribution in [2.24, 2.45) is 5.92 Å². The third kappa shape index (κ3) is 3.51. The predicted molar refractivity (Wildman–Crippen MR) is 132 cm³/mol. The molecule has 6 rings (SSSR count). The minimum Gasteiger partial charge on any atom is -0.355 e. The Bertz CT molecular complexity index is 1670. The van der Waals surface area contributed by atoms with E-state index in [1.54, 1.807) is 6.20 Å².